The molecule has 0 aliphatic rings. The smallest absolute Gasteiger partial charge is 0.322 e. The molecule has 28 heavy (non-hydrogen) atoms. The lowest BCUT2D eigenvalue weighted by Gasteiger charge is -2.14. The van der Waals surface area contributed by atoms with Crippen molar-refractivity contribution in [1.29, 1.82) is 0 Å². The van der Waals surface area contributed by atoms with Gasteiger partial charge in [0.2, 0.25) is 0 Å². The van der Waals surface area contributed by atoms with Crippen LogP contribution in [0.5, 0.6) is 5.75 Å². The molecule has 0 spiro atoms. The van der Waals surface area contributed by atoms with E-state index in [1.165, 1.54) is 17.7 Å². The number of aliphatic carboxylic acids is 1. The minimum atomic E-state index is -3.87. The lowest BCUT2D eigenvalue weighted by Crippen LogP contribution is -2.30. The van der Waals surface area contributed by atoms with Gasteiger partial charge in [-0.3, -0.25) is 4.79 Å². The number of hydrogen-bond donors (Lipinski definition) is 1. The lowest BCUT2D eigenvalue weighted by atomic mass is 10.0. The number of rotatable bonds is 11. The van der Waals surface area contributed by atoms with Crippen LogP contribution in [-0.2, 0) is 21.1 Å². The van der Waals surface area contributed by atoms with Crippen molar-refractivity contribution < 1.29 is 23.1 Å². The summed E-state index contributed by atoms with van der Waals surface area (Å²) in [6, 6.07) is 14.3. The second-order valence-electron chi connectivity index (χ2n) is 6.99. The quantitative estimate of drug-likeness (QED) is 0.561. The van der Waals surface area contributed by atoms with Crippen LogP contribution in [0.25, 0.3) is 0 Å². The van der Waals surface area contributed by atoms with Gasteiger partial charge in [-0.15, -0.1) is 0 Å². The predicted molar refractivity (Wildman–Crippen MR) is 110 cm³/mol. The molecule has 2 aromatic carbocycles. The summed E-state index contributed by atoms with van der Waals surface area (Å²) in [6.07, 6.45) is 4.37. The molecule has 1 unspecified atom stereocenters. The molecule has 0 saturated heterocycles. The highest BCUT2D eigenvalue weighted by molar-refractivity contribution is 7.92. The molecule has 1 atom stereocenters. The zero-order valence-corrected chi connectivity index (χ0v) is 17.2. The molecule has 0 heterocycles. The maximum absolute atomic E-state index is 12.7. The first-order valence-electron chi connectivity index (χ1n) is 9.51. The molecule has 0 amide bonds. The number of carbonyl (C=O) groups is 1. The van der Waals surface area contributed by atoms with Gasteiger partial charge in [0.1, 0.15) is 5.75 Å². The minimum absolute atomic E-state index is 0.0741. The number of carboxylic acid groups (broad SMARTS) is 1. The molecule has 0 saturated carbocycles. The summed E-state index contributed by atoms with van der Waals surface area (Å²) < 4.78 is 30.4. The fourth-order valence-corrected chi connectivity index (χ4v) is 4.69. The van der Waals surface area contributed by atoms with Gasteiger partial charge >= 0.3 is 5.97 Å². The maximum atomic E-state index is 12.7. The van der Waals surface area contributed by atoms with Gasteiger partial charge < -0.3 is 9.84 Å². The summed E-state index contributed by atoms with van der Waals surface area (Å²) in [5, 5.41) is 8.04. The minimum Gasteiger partial charge on any atom is -0.497 e. The van der Waals surface area contributed by atoms with Crippen LogP contribution in [0.1, 0.15) is 43.2 Å². The van der Waals surface area contributed by atoms with E-state index in [0.29, 0.717) is 6.42 Å². The van der Waals surface area contributed by atoms with Crippen molar-refractivity contribution in [2.75, 3.05) is 7.11 Å². The number of aryl methyl sites for hydroxylation is 2. The summed E-state index contributed by atoms with van der Waals surface area (Å²) in [7, 11) is -2.23. The molecule has 152 valence electrons. The molecule has 1 N–H and O–H groups in total. The Kier molecular flexibility index (Phi) is 8.05. The topological polar surface area (TPSA) is 80.7 Å². The first-order chi connectivity index (χ1) is 13.3. The molecule has 0 aliphatic carbocycles. The van der Waals surface area contributed by atoms with Crippen LogP contribution in [0.3, 0.4) is 0 Å². The summed E-state index contributed by atoms with van der Waals surface area (Å²) in [6.45, 7) is 1.86. The molecule has 2 rings (SSSR count). The number of sulfone groups is 1. The third-order valence-corrected chi connectivity index (χ3v) is 6.96. The van der Waals surface area contributed by atoms with Gasteiger partial charge in [-0.05, 0) is 56.0 Å². The third kappa shape index (κ3) is 6.09. The average Bonchev–Trinajstić information content (AvgIpc) is 2.67. The fraction of sp³-hybridized carbons (Fsp3) is 0.409. The highest BCUT2D eigenvalue weighted by Crippen LogP contribution is 2.22. The average molecular weight is 405 g/mol. The van der Waals surface area contributed by atoms with Crippen molar-refractivity contribution >= 4 is 15.8 Å². The van der Waals surface area contributed by atoms with Crippen LogP contribution >= 0.6 is 0 Å². The molecule has 0 radical (unpaired) electrons. The Balaban J connectivity index is 1.81. The molecule has 2 aromatic rings. The standard InChI is InChI=1S/C22H28O5S/c1-17-9-15-20(16-10-17)28(25,26)21(22(23)24)8-6-4-3-5-7-18-11-13-19(27-2)14-12-18/h9-16,21H,3-8H2,1-2H3,(H,23,24). The first kappa shape index (κ1) is 22.0. The van der Waals surface area contributed by atoms with Crippen LogP contribution in [-0.4, -0.2) is 31.9 Å². The van der Waals surface area contributed by atoms with Crippen molar-refractivity contribution in [3.05, 3.63) is 59.7 Å². The first-order valence-corrected chi connectivity index (χ1v) is 11.1. The van der Waals surface area contributed by atoms with Gasteiger partial charge in [0.05, 0.1) is 12.0 Å². The number of methoxy groups -OCH3 is 1. The van der Waals surface area contributed by atoms with E-state index in [-0.39, 0.29) is 11.3 Å². The van der Waals surface area contributed by atoms with Gasteiger partial charge in [0.15, 0.2) is 15.1 Å². The molecule has 0 aromatic heterocycles. The highest BCUT2D eigenvalue weighted by atomic mass is 32.2. The molecule has 6 heteroatoms. The molecular formula is C22H28O5S. The van der Waals surface area contributed by atoms with E-state index in [0.717, 1.165) is 37.0 Å². The van der Waals surface area contributed by atoms with Crippen molar-refractivity contribution in [2.45, 2.75) is 55.6 Å². The van der Waals surface area contributed by atoms with E-state index < -0.39 is 21.1 Å². The van der Waals surface area contributed by atoms with E-state index in [1.54, 1.807) is 19.2 Å². The lowest BCUT2D eigenvalue weighted by molar-refractivity contribution is -0.136. The van der Waals surface area contributed by atoms with E-state index >= 15 is 0 Å². The van der Waals surface area contributed by atoms with Crippen molar-refractivity contribution in [2.24, 2.45) is 0 Å². The van der Waals surface area contributed by atoms with Crippen LogP contribution in [0, 0.1) is 6.92 Å². The molecule has 0 fully saturated rings. The number of unbranched alkanes of at least 4 members (excludes halogenated alkanes) is 3. The molecule has 0 bridgehead atoms. The van der Waals surface area contributed by atoms with E-state index in [9.17, 15) is 18.3 Å². The monoisotopic (exact) mass is 404 g/mol. The number of carboxylic acids is 1. The summed E-state index contributed by atoms with van der Waals surface area (Å²) in [5.74, 6) is -0.447. The van der Waals surface area contributed by atoms with Crippen molar-refractivity contribution in [3.63, 3.8) is 0 Å². The van der Waals surface area contributed by atoms with Crippen LogP contribution < -0.4 is 4.74 Å². The van der Waals surface area contributed by atoms with Gasteiger partial charge in [0, 0.05) is 0 Å². The van der Waals surface area contributed by atoms with E-state index in [2.05, 4.69) is 0 Å². The fourth-order valence-electron chi connectivity index (χ4n) is 3.11. The van der Waals surface area contributed by atoms with Gasteiger partial charge in [0.25, 0.3) is 0 Å². The largest absolute Gasteiger partial charge is 0.497 e. The van der Waals surface area contributed by atoms with Crippen molar-refractivity contribution in [1.82, 2.24) is 0 Å². The Morgan fingerprint density at radius 1 is 0.964 bits per heavy atom. The predicted octanol–water partition coefficient (Wildman–Crippen LogP) is 4.42. The Morgan fingerprint density at radius 2 is 1.57 bits per heavy atom. The number of hydrogen-bond acceptors (Lipinski definition) is 4. The summed E-state index contributed by atoms with van der Waals surface area (Å²) in [5.41, 5.74) is 2.16. The van der Waals surface area contributed by atoms with Gasteiger partial charge in [-0.25, -0.2) is 8.42 Å². The summed E-state index contributed by atoms with van der Waals surface area (Å²) >= 11 is 0. The Morgan fingerprint density at radius 3 is 2.14 bits per heavy atom. The molecule has 5 nitrogen and oxygen atoms in total. The van der Waals surface area contributed by atoms with Crippen LogP contribution in [0.15, 0.2) is 53.4 Å². The Bertz CT molecular complexity index is 855. The van der Waals surface area contributed by atoms with Crippen LogP contribution in [0.4, 0.5) is 0 Å². The van der Waals surface area contributed by atoms with E-state index in [1.807, 2.05) is 31.2 Å². The number of ether oxygens (including phenoxy) is 1. The second-order valence-corrected chi connectivity index (χ2v) is 9.12. The summed E-state index contributed by atoms with van der Waals surface area (Å²) in [4.78, 5) is 11.6. The number of benzene rings is 2. The SMILES string of the molecule is COc1ccc(CCCCCCC(C(=O)O)S(=O)(=O)c2ccc(C)cc2)cc1. The molecular weight excluding hydrogens is 376 g/mol. The van der Waals surface area contributed by atoms with E-state index in [4.69, 9.17) is 4.74 Å². The van der Waals surface area contributed by atoms with Crippen LogP contribution in [0.2, 0.25) is 0 Å². The van der Waals surface area contributed by atoms with Gasteiger partial charge in [-0.1, -0.05) is 49.1 Å². The highest BCUT2D eigenvalue weighted by Gasteiger charge is 2.33. The Labute approximate surface area is 167 Å². The zero-order valence-electron chi connectivity index (χ0n) is 16.4. The normalized spacial score (nSPS) is 12.5. The molecule has 0 aliphatic heterocycles. The van der Waals surface area contributed by atoms with Crippen molar-refractivity contribution in [3.8, 4) is 5.75 Å². The van der Waals surface area contributed by atoms with Gasteiger partial charge in [-0.2, -0.15) is 0 Å². The second kappa shape index (κ2) is 10.3. The zero-order chi connectivity index (χ0) is 20.6. The third-order valence-electron chi connectivity index (χ3n) is 4.84. The Hall–Kier alpha value is -2.34. The maximum Gasteiger partial charge on any atom is 0.322 e.